The van der Waals surface area contributed by atoms with Crippen molar-refractivity contribution < 1.29 is 9.53 Å². The van der Waals surface area contributed by atoms with Crippen LogP contribution in [-0.4, -0.2) is 27.8 Å². The van der Waals surface area contributed by atoms with Crippen molar-refractivity contribution in [3.05, 3.63) is 16.0 Å². The molecule has 1 aromatic heterocycles. The van der Waals surface area contributed by atoms with Crippen LogP contribution < -0.4 is 11.3 Å². The number of hydrogen-bond acceptors (Lipinski definition) is 6. The van der Waals surface area contributed by atoms with Crippen molar-refractivity contribution in [3.63, 3.8) is 0 Å². The van der Waals surface area contributed by atoms with Gasteiger partial charge in [-0.2, -0.15) is 0 Å². The zero-order valence-electron chi connectivity index (χ0n) is 7.61. The normalized spacial score (nSPS) is 9.79. The molecule has 0 saturated heterocycles. The highest BCUT2D eigenvalue weighted by atomic mass is 16.5. The van der Waals surface area contributed by atoms with E-state index in [1.165, 1.54) is 0 Å². The minimum absolute atomic E-state index is 0.00218. The van der Waals surface area contributed by atoms with E-state index in [1.54, 1.807) is 6.92 Å². The standard InChI is InChI=1S/C7H10N4O3/c1-2-14-5(12)3-4-6(13)9-7(8)11-10-4/h2-3H2,1H3,(H3,8,9,11,13). The van der Waals surface area contributed by atoms with Gasteiger partial charge in [0, 0.05) is 0 Å². The van der Waals surface area contributed by atoms with Gasteiger partial charge in [0.25, 0.3) is 5.56 Å². The molecule has 1 aromatic rings. The molecule has 76 valence electrons. The topological polar surface area (TPSA) is 111 Å². The first-order chi connectivity index (χ1) is 6.63. The molecular weight excluding hydrogens is 188 g/mol. The molecule has 1 heterocycles. The van der Waals surface area contributed by atoms with Crippen molar-refractivity contribution in [1.82, 2.24) is 15.2 Å². The Balaban J connectivity index is 2.77. The van der Waals surface area contributed by atoms with Gasteiger partial charge in [0.1, 0.15) is 5.69 Å². The van der Waals surface area contributed by atoms with Crippen LogP contribution >= 0.6 is 0 Å². The molecule has 7 nitrogen and oxygen atoms in total. The molecule has 0 amide bonds. The maximum atomic E-state index is 11.1. The van der Waals surface area contributed by atoms with Gasteiger partial charge in [-0.25, -0.2) is 0 Å². The van der Waals surface area contributed by atoms with E-state index in [4.69, 9.17) is 5.73 Å². The van der Waals surface area contributed by atoms with Crippen LogP contribution in [0.4, 0.5) is 5.95 Å². The molecular formula is C7H10N4O3. The molecule has 0 spiro atoms. The van der Waals surface area contributed by atoms with Gasteiger partial charge in [0.05, 0.1) is 13.0 Å². The van der Waals surface area contributed by atoms with Gasteiger partial charge < -0.3 is 10.5 Å². The van der Waals surface area contributed by atoms with Crippen molar-refractivity contribution in [2.75, 3.05) is 12.3 Å². The lowest BCUT2D eigenvalue weighted by Gasteiger charge is -1.99. The smallest absolute Gasteiger partial charge is 0.312 e. The van der Waals surface area contributed by atoms with E-state index in [2.05, 4.69) is 19.9 Å². The molecule has 0 aliphatic heterocycles. The Morgan fingerprint density at radius 3 is 2.86 bits per heavy atom. The van der Waals surface area contributed by atoms with Crippen LogP contribution in [0.2, 0.25) is 0 Å². The maximum absolute atomic E-state index is 11.1. The average Bonchev–Trinajstić information content (AvgIpc) is 2.10. The van der Waals surface area contributed by atoms with E-state index < -0.39 is 11.5 Å². The van der Waals surface area contributed by atoms with E-state index in [9.17, 15) is 9.59 Å². The Morgan fingerprint density at radius 2 is 2.29 bits per heavy atom. The predicted octanol–water partition coefficient (Wildman–Crippen LogP) is -1.15. The number of nitrogens with one attached hydrogen (secondary N) is 1. The summed E-state index contributed by atoms with van der Waals surface area (Å²) in [6, 6.07) is 0. The Kier molecular flexibility index (Phi) is 3.16. The van der Waals surface area contributed by atoms with E-state index in [1.807, 2.05) is 0 Å². The highest BCUT2D eigenvalue weighted by Gasteiger charge is 2.09. The molecule has 0 aromatic carbocycles. The second kappa shape index (κ2) is 4.35. The molecule has 0 fully saturated rings. The summed E-state index contributed by atoms with van der Waals surface area (Å²) in [7, 11) is 0. The molecule has 14 heavy (non-hydrogen) atoms. The third kappa shape index (κ3) is 2.54. The summed E-state index contributed by atoms with van der Waals surface area (Å²) < 4.78 is 4.64. The minimum Gasteiger partial charge on any atom is -0.466 e. The van der Waals surface area contributed by atoms with Crippen molar-refractivity contribution in [1.29, 1.82) is 0 Å². The van der Waals surface area contributed by atoms with Gasteiger partial charge in [-0.05, 0) is 6.92 Å². The number of anilines is 1. The first-order valence-corrected chi connectivity index (χ1v) is 4.00. The van der Waals surface area contributed by atoms with Crippen LogP contribution in [0.25, 0.3) is 0 Å². The molecule has 0 aliphatic carbocycles. The van der Waals surface area contributed by atoms with Gasteiger partial charge in [0.15, 0.2) is 0 Å². The zero-order chi connectivity index (χ0) is 10.6. The summed E-state index contributed by atoms with van der Waals surface area (Å²) in [5.41, 5.74) is 4.65. The van der Waals surface area contributed by atoms with Gasteiger partial charge in [-0.3, -0.25) is 14.6 Å². The van der Waals surface area contributed by atoms with E-state index >= 15 is 0 Å². The second-order valence-corrected chi connectivity index (χ2v) is 2.47. The van der Waals surface area contributed by atoms with E-state index in [0.717, 1.165) is 0 Å². The monoisotopic (exact) mass is 198 g/mol. The minimum atomic E-state index is -0.523. The number of H-pyrrole nitrogens is 1. The fourth-order valence-electron chi connectivity index (χ4n) is 0.837. The first kappa shape index (κ1) is 10.2. The van der Waals surface area contributed by atoms with Crippen molar-refractivity contribution in [3.8, 4) is 0 Å². The van der Waals surface area contributed by atoms with Crippen LogP contribution in [0.3, 0.4) is 0 Å². The zero-order valence-corrected chi connectivity index (χ0v) is 7.61. The average molecular weight is 198 g/mol. The maximum Gasteiger partial charge on any atom is 0.312 e. The fraction of sp³-hybridized carbons (Fsp3) is 0.429. The van der Waals surface area contributed by atoms with Crippen LogP contribution in [0.1, 0.15) is 12.6 Å². The second-order valence-electron chi connectivity index (χ2n) is 2.47. The number of rotatable bonds is 3. The largest absolute Gasteiger partial charge is 0.466 e. The Labute approximate surface area is 79.3 Å². The van der Waals surface area contributed by atoms with Gasteiger partial charge >= 0.3 is 5.97 Å². The number of aromatic amines is 1. The summed E-state index contributed by atoms with van der Waals surface area (Å²) >= 11 is 0. The molecule has 0 aliphatic rings. The van der Waals surface area contributed by atoms with Crippen LogP contribution in [0.15, 0.2) is 4.79 Å². The Hall–Kier alpha value is -1.92. The number of nitrogen functional groups attached to an aromatic ring is 1. The number of hydrogen-bond donors (Lipinski definition) is 2. The Morgan fingerprint density at radius 1 is 1.57 bits per heavy atom. The highest BCUT2D eigenvalue weighted by molar-refractivity contribution is 5.71. The Bertz CT molecular complexity index is 387. The van der Waals surface area contributed by atoms with Gasteiger partial charge in [-0.1, -0.05) is 0 Å². The molecule has 0 saturated carbocycles. The third-order valence-corrected chi connectivity index (χ3v) is 1.40. The molecule has 0 unspecified atom stereocenters. The number of ether oxygens (including phenoxy) is 1. The SMILES string of the molecule is CCOC(=O)Cc1nnc(N)[nH]c1=O. The molecule has 7 heteroatoms. The molecule has 0 bridgehead atoms. The molecule has 0 radical (unpaired) electrons. The fourth-order valence-corrected chi connectivity index (χ4v) is 0.837. The van der Waals surface area contributed by atoms with Gasteiger partial charge in [0.2, 0.25) is 5.95 Å². The third-order valence-electron chi connectivity index (χ3n) is 1.40. The number of aromatic nitrogens is 3. The number of nitrogens with two attached hydrogens (primary N) is 1. The highest BCUT2D eigenvalue weighted by Crippen LogP contribution is 1.90. The summed E-state index contributed by atoms with van der Waals surface area (Å²) in [4.78, 5) is 24.3. The summed E-state index contributed by atoms with van der Waals surface area (Å²) in [5, 5.41) is 6.90. The van der Waals surface area contributed by atoms with Crippen molar-refractivity contribution in [2.45, 2.75) is 13.3 Å². The number of carbonyl (C=O) groups is 1. The van der Waals surface area contributed by atoms with E-state index in [-0.39, 0.29) is 24.7 Å². The molecule has 0 atom stereocenters. The summed E-state index contributed by atoms with van der Waals surface area (Å²) in [5.74, 6) is -0.598. The number of carbonyl (C=O) groups excluding carboxylic acids is 1. The van der Waals surface area contributed by atoms with Crippen LogP contribution in [-0.2, 0) is 16.0 Å². The van der Waals surface area contributed by atoms with E-state index in [0.29, 0.717) is 0 Å². The summed E-state index contributed by atoms with van der Waals surface area (Å²) in [6.07, 6.45) is -0.198. The predicted molar refractivity (Wildman–Crippen MR) is 47.4 cm³/mol. The van der Waals surface area contributed by atoms with Crippen LogP contribution in [0.5, 0.6) is 0 Å². The lowest BCUT2D eigenvalue weighted by molar-refractivity contribution is -0.142. The number of esters is 1. The van der Waals surface area contributed by atoms with Gasteiger partial charge in [-0.15, -0.1) is 10.2 Å². The lowest BCUT2D eigenvalue weighted by atomic mass is 10.3. The van der Waals surface area contributed by atoms with Crippen molar-refractivity contribution >= 4 is 11.9 Å². The lowest BCUT2D eigenvalue weighted by Crippen LogP contribution is -2.22. The van der Waals surface area contributed by atoms with Crippen molar-refractivity contribution in [2.24, 2.45) is 0 Å². The molecule has 1 rings (SSSR count). The van der Waals surface area contributed by atoms with Crippen LogP contribution in [0, 0.1) is 0 Å². The first-order valence-electron chi connectivity index (χ1n) is 4.00. The molecule has 3 N–H and O–H groups in total. The summed E-state index contributed by atoms with van der Waals surface area (Å²) in [6.45, 7) is 1.94. The number of nitrogens with zero attached hydrogens (tertiary/aromatic N) is 2. The quantitative estimate of drug-likeness (QED) is 0.593.